The van der Waals surface area contributed by atoms with Gasteiger partial charge < -0.3 is 9.47 Å². The van der Waals surface area contributed by atoms with Gasteiger partial charge in [0, 0.05) is 6.54 Å². The summed E-state index contributed by atoms with van der Waals surface area (Å²) in [6.45, 7) is 2.50. The fourth-order valence-corrected chi connectivity index (χ4v) is 2.97. The molecule has 1 aromatic rings. The summed E-state index contributed by atoms with van der Waals surface area (Å²) in [4.78, 5) is 25.9. The van der Waals surface area contributed by atoms with E-state index in [1.54, 1.807) is 32.4 Å². The van der Waals surface area contributed by atoms with Crippen molar-refractivity contribution in [3.8, 4) is 11.5 Å². The van der Waals surface area contributed by atoms with Crippen LogP contribution in [0.25, 0.3) is 6.08 Å². The monoisotopic (exact) mass is 321 g/mol. The highest BCUT2D eigenvalue weighted by atomic mass is 32.2. The molecule has 5 nitrogen and oxygen atoms in total. The third kappa shape index (κ3) is 3.44. The number of carbonyl (C=O) groups excluding carboxylic acids is 2. The van der Waals surface area contributed by atoms with E-state index in [2.05, 4.69) is 0 Å². The lowest BCUT2D eigenvalue weighted by molar-refractivity contribution is -0.122. The lowest BCUT2D eigenvalue weighted by Crippen LogP contribution is -2.29. The number of benzene rings is 1. The summed E-state index contributed by atoms with van der Waals surface area (Å²) in [5.41, 5.74) is 0.790. The number of ether oxygens (including phenoxy) is 2. The number of rotatable bonds is 6. The Morgan fingerprint density at radius 2 is 1.91 bits per heavy atom. The summed E-state index contributed by atoms with van der Waals surface area (Å²) >= 11 is 0.977. The molecule has 0 unspecified atom stereocenters. The predicted molar refractivity (Wildman–Crippen MR) is 87.1 cm³/mol. The number of hydrogen-bond donors (Lipinski definition) is 0. The summed E-state index contributed by atoms with van der Waals surface area (Å²) in [5.74, 6) is 0.982. The molecule has 0 radical (unpaired) electrons. The first kappa shape index (κ1) is 16.4. The van der Waals surface area contributed by atoms with Crippen LogP contribution < -0.4 is 9.47 Å². The Labute approximate surface area is 134 Å². The van der Waals surface area contributed by atoms with Gasteiger partial charge in [0.25, 0.3) is 11.1 Å². The highest BCUT2D eigenvalue weighted by Gasteiger charge is 2.34. The Bertz CT molecular complexity index is 612. The second-order valence-corrected chi connectivity index (χ2v) is 5.79. The van der Waals surface area contributed by atoms with Gasteiger partial charge in [-0.1, -0.05) is 19.4 Å². The van der Waals surface area contributed by atoms with E-state index in [4.69, 9.17) is 9.47 Å². The molecular weight excluding hydrogens is 302 g/mol. The zero-order chi connectivity index (χ0) is 16.1. The van der Waals surface area contributed by atoms with Crippen molar-refractivity contribution in [3.63, 3.8) is 0 Å². The molecule has 1 aliphatic heterocycles. The van der Waals surface area contributed by atoms with Gasteiger partial charge in [0.1, 0.15) is 0 Å². The van der Waals surface area contributed by atoms with E-state index >= 15 is 0 Å². The van der Waals surface area contributed by atoms with Crippen LogP contribution in [0.2, 0.25) is 0 Å². The van der Waals surface area contributed by atoms with Crippen molar-refractivity contribution in [1.29, 1.82) is 0 Å². The SMILES string of the molecule is CCCCN1C(=O)S/C(=C\c2ccc(OC)c(OC)c2)C1=O. The van der Waals surface area contributed by atoms with Crippen LogP contribution in [0.5, 0.6) is 11.5 Å². The maximum atomic E-state index is 12.3. The topological polar surface area (TPSA) is 55.8 Å². The number of carbonyl (C=O) groups is 2. The van der Waals surface area contributed by atoms with Crippen molar-refractivity contribution in [2.24, 2.45) is 0 Å². The van der Waals surface area contributed by atoms with E-state index in [-0.39, 0.29) is 11.1 Å². The van der Waals surface area contributed by atoms with Crippen molar-refractivity contribution < 1.29 is 19.1 Å². The van der Waals surface area contributed by atoms with Gasteiger partial charge in [0.05, 0.1) is 19.1 Å². The first-order chi connectivity index (χ1) is 10.6. The number of imide groups is 1. The Kier molecular flexibility index (Phi) is 5.49. The molecule has 1 aromatic carbocycles. The minimum absolute atomic E-state index is 0.204. The summed E-state index contributed by atoms with van der Waals surface area (Å²) in [5, 5.41) is -0.204. The van der Waals surface area contributed by atoms with Crippen LogP contribution in [0.1, 0.15) is 25.3 Å². The Hall–Kier alpha value is -1.95. The first-order valence-electron chi connectivity index (χ1n) is 7.08. The van der Waals surface area contributed by atoms with Gasteiger partial charge in [-0.3, -0.25) is 14.5 Å². The number of hydrogen-bond acceptors (Lipinski definition) is 5. The van der Waals surface area contributed by atoms with Crippen LogP contribution in [0.3, 0.4) is 0 Å². The lowest BCUT2D eigenvalue weighted by atomic mass is 10.2. The van der Waals surface area contributed by atoms with Gasteiger partial charge in [0.2, 0.25) is 0 Å². The predicted octanol–water partition coefficient (Wildman–Crippen LogP) is 3.54. The lowest BCUT2D eigenvalue weighted by Gasteiger charge is -2.10. The zero-order valence-corrected chi connectivity index (χ0v) is 13.7. The van der Waals surface area contributed by atoms with Gasteiger partial charge in [0.15, 0.2) is 11.5 Å². The van der Waals surface area contributed by atoms with Crippen LogP contribution in [0.15, 0.2) is 23.1 Å². The molecule has 0 spiro atoms. The molecule has 22 heavy (non-hydrogen) atoms. The van der Waals surface area contributed by atoms with E-state index in [1.807, 2.05) is 13.0 Å². The summed E-state index contributed by atoms with van der Waals surface area (Å²) in [6.07, 6.45) is 3.47. The highest BCUT2D eigenvalue weighted by Crippen LogP contribution is 2.34. The van der Waals surface area contributed by atoms with Crippen molar-refractivity contribution in [2.75, 3.05) is 20.8 Å². The quantitative estimate of drug-likeness (QED) is 0.750. The fourth-order valence-electron chi connectivity index (χ4n) is 2.10. The Morgan fingerprint density at radius 1 is 1.18 bits per heavy atom. The van der Waals surface area contributed by atoms with Gasteiger partial charge >= 0.3 is 0 Å². The van der Waals surface area contributed by atoms with E-state index in [9.17, 15) is 9.59 Å². The van der Waals surface area contributed by atoms with Crippen molar-refractivity contribution in [2.45, 2.75) is 19.8 Å². The number of nitrogens with zero attached hydrogens (tertiary/aromatic N) is 1. The van der Waals surface area contributed by atoms with Gasteiger partial charge in [-0.05, 0) is 42.0 Å². The van der Waals surface area contributed by atoms with Crippen LogP contribution in [-0.4, -0.2) is 36.8 Å². The molecule has 2 amide bonds. The molecule has 1 fully saturated rings. The molecule has 0 atom stereocenters. The van der Waals surface area contributed by atoms with Gasteiger partial charge in [-0.15, -0.1) is 0 Å². The van der Waals surface area contributed by atoms with Crippen LogP contribution >= 0.6 is 11.8 Å². The van der Waals surface area contributed by atoms with E-state index < -0.39 is 0 Å². The minimum Gasteiger partial charge on any atom is -0.493 e. The number of amides is 2. The molecule has 0 aliphatic carbocycles. The molecule has 2 rings (SSSR count). The second-order valence-electron chi connectivity index (χ2n) is 4.80. The largest absolute Gasteiger partial charge is 0.493 e. The summed E-state index contributed by atoms with van der Waals surface area (Å²) in [6, 6.07) is 5.37. The molecule has 1 saturated heterocycles. The first-order valence-corrected chi connectivity index (χ1v) is 7.89. The van der Waals surface area contributed by atoms with Crippen molar-refractivity contribution in [3.05, 3.63) is 28.7 Å². The minimum atomic E-state index is -0.224. The average Bonchev–Trinajstić information content (AvgIpc) is 2.79. The third-order valence-corrected chi connectivity index (χ3v) is 4.22. The van der Waals surface area contributed by atoms with Gasteiger partial charge in [-0.2, -0.15) is 0 Å². The number of thioether (sulfide) groups is 1. The molecule has 1 heterocycles. The number of unbranched alkanes of at least 4 members (excludes halogenated alkanes) is 1. The van der Waals surface area contributed by atoms with E-state index in [0.29, 0.717) is 22.9 Å². The molecule has 0 bridgehead atoms. The third-order valence-electron chi connectivity index (χ3n) is 3.31. The Morgan fingerprint density at radius 3 is 2.55 bits per heavy atom. The molecule has 0 saturated carbocycles. The number of methoxy groups -OCH3 is 2. The molecular formula is C16H19NO4S. The summed E-state index contributed by atoms with van der Waals surface area (Å²) in [7, 11) is 3.12. The highest BCUT2D eigenvalue weighted by molar-refractivity contribution is 8.18. The summed E-state index contributed by atoms with van der Waals surface area (Å²) < 4.78 is 10.4. The van der Waals surface area contributed by atoms with Crippen molar-refractivity contribution >= 4 is 29.0 Å². The molecule has 1 aliphatic rings. The zero-order valence-electron chi connectivity index (χ0n) is 12.9. The average molecular weight is 321 g/mol. The molecule has 118 valence electrons. The smallest absolute Gasteiger partial charge is 0.293 e. The molecule has 0 N–H and O–H groups in total. The van der Waals surface area contributed by atoms with E-state index in [1.165, 1.54) is 4.90 Å². The molecule has 6 heteroatoms. The van der Waals surface area contributed by atoms with Crippen molar-refractivity contribution in [1.82, 2.24) is 4.90 Å². The second kappa shape index (κ2) is 7.35. The van der Waals surface area contributed by atoms with Crippen LogP contribution in [-0.2, 0) is 4.79 Å². The Balaban J connectivity index is 2.23. The normalized spacial score (nSPS) is 16.5. The maximum Gasteiger partial charge on any atom is 0.293 e. The standard InChI is InChI=1S/C16H19NO4S/c1-4-5-8-17-15(18)14(22-16(17)19)10-11-6-7-12(20-2)13(9-11)21-3/h6-7,9-10H,4-5,8H2,1-3H3/b14-10-. The van der Waals surface area contributed by atoms with E-state index in [0.717, 1.165) is 30.2 Å². The maximum absolute atomic E-state index is 12.3. The van der Waals surface area contributed by atoms with Crippen LogP contribution in [0.4, 0.5) is 4.79 Å². The van der Waals surface area contributed by atoms with Gasteiger partial charge in [-0.25, -0.2) is 0 Å². The molecule has 0 aromatic heterocycles. The van der Waals surface area contributed by atoms with Crippen LogP contribution in [0, 0.1) is 0 Å². The fraction of sp³-hybridized carbons (Fsp3) is 0.375.